The summed E-state index contributed by atoms with van der Waals surface area (Å²) in [6, 6.07) is 5.87. The quantitative estimate of drug-likeness (QED) is 0.807. The number of ether oxygens (including phenoxy) is 1. The van der Waals surface area contributed by atoms with E-state index in [1.807, 2.05) is 13.8 Å². The van der Waals surface area contributed by atoms with Gasteiger partial charge in [0.2, 0.25) is 0 Å². The van der Waals surface area contributed by atoms with Gasteiger partial charge < -0.3 is 9.84 Å². The highest BCUT2D eigenvalue weighted by atomic mass is 19.1. The van der Waals surface area contributed by atoms with Crippen molar-refractivity contribution in [1.29, 1.82) is 0 Å². The molecule has 0 aromatic heterocycles. The molecule has 2 unspecified atom stereocenters. The minimum Gasteiger partial charge on any atom is -0.488 e. The van der Waals surface area contributed by atoms with Crippen LogP contribution in [0.4, 0.5) is 4.39 Å². The molecule has 2 nitrogen and oxygen atoms in total. The molecule has 1 N–H and O–H groups in total. The van der Waals surface area contributed by atoms with Crippen LogP contribution in [0.25, 0.3) is 0 Å². The molecule has 3 heteroatoms. The Morgan fingerprint density at radius 2 is 1.88 bits per heavy atom. The van der Waals surface area contributed by atoms with E-state index in [9.17, 15) is 9.50 Å². The van der Waals surface area contributed by atoms with Crippen molar-refractivity contribution in [2.75, 3.05) is 0 Å². The molecule has 0 bridgehead atoms. The third-order valence-electron chi connectivity index (χ3n) is 2.52. The fraction of sp³-hybridized carbons (Fsp3) is 0.538. The van der Waals surface area contributed by atoms with Gasteiger partial charge in [-0.3, -0.25) is 0 Å². The van der Waals surface area contributed by atoms with Crippen LogP contribution >= 0.6 is 0 Å². The van der Waals surface area contributed by atoms with Crippen LogP contribution in [0.1, 0.15) is 33.1 Å². The summed E-state index contributed by atoms with van der Waals surface area (Å²) in [6.07, 6.45) is 1.70. The van der Waals surface area contributed by atoms with Gasteiger partial charge in [-0.2, -0.15) is 0 Å². The summed E-state index contributed by atoms with van der Waals surface area (Å²) in [5.74, 6) is 0.318. The van der Waals surface area contributed by atoms with Crippen molar-refractivity contribution in [1.82, 2.24) is 0 Å². The van der Waals surface area contributed by atoms with E-state index < -0.39 is 6.10 Å². The van der Waals surface area contributed by atoms with E-state index in [0.717, 1.165) is 19.3 Å². The van der Waals surface area contributed by atoms with E-state index in [1.165, 1.54) is 12.1 Å². The first-order valence-corrected chi connectivity index (χ1v) is 5.77. The SMILES string of the molecule is CCCC(O)C(CC)Oc1ccc(F)cc1. The number of halogens is 1. The standard InChI is InChI=1S/C13H19FO2/c1-3-5-12(15)13(4-2)16-11-8-6-10(14)7-9-11/h6-9,12-13,15H,3-5H2,1-2H3. The predicted molar refractivity (Wildman–Crippen MR) is 62.0 cm³/mol. The van der Waals surface area contributed by atoms with Gasteiger partial charge in [-0.05, 0) is 37.1 Å². The number of hydrogen-bond donors (Lipinski definition) is 1. The van der Waals surface area contributed by atoms with Gasteiger partial charge in [0.1, 0.15) is 17.7 Å². The summed E-state index contributed by atoms with van der Waals surface area (Å²) in [7, 11) is 0. The Morgan fingerprint density at radius 3 is 2.38 bits per heavy atom. The Labute approximate surface area is 96.1 Å². The number of aliphatic hydroxyl groups excluding tert-OH is 1. The van der Waals surface area contributed by atoms with E-state index in [4.69, 9.17) is 4.74 Å². The smallest absolute Gasteiger partial charge is 0.124 e. The zero-order valence-electron chi connectivity index (χ0n) is 9.82. The second-order valence-electron chi connectivity index (χ2n) is 3.87. The molecule has 0 aliphatic heterocycles. The number of benzene rings is 1. The molecule has 1 aromatic carbocycles. The summed E-state index contributed by atoms with van der Waals surface area (Å²) in [5.41, 5.74) is 0. The molecule has 0 saturated carbocycles. The molecule has 16 heavy (non-hydrogen) atoms. The second kappa shape index (κ2) is 6.48. The molecular formula is C13H19FO2. The van der Waals surface area contributed by atoms with Gasteiger partial charge in [0.15, 0.2) is 0 Å². The Bertz CT molecular complexity index is 297. The zero-order valence-corrected chi connectivity index (χ0v) is 9.82. The maximum atomic E-state index is 12.7. The van der Waals surface area contributed by atoms with Crippen LogP contribution in [0.2, 0.25) is 0 Å². The molecule has 1 rings (SSSR count). The lowest BCUT2D eigenvalue weighted by molar-refractivity contribution is 0.0284. The topological polar surface area (TPSA) is 29.5 Å². The summed E-state index contributed by atoms with van der Waals surface area (Å²) < 4.78 is 18.3. The van der Waals surface area contributed by atoms with E-state index in [-0.39, 0.29) is 11.9 Å². The van der Waals surface area contributed by atoms with Crippen molar-refractivity contribution in [3.8, 4) is 5.75 Å². The molecule has 2 atom stereocenters. The number of aliphatic hydroxyl groups is 1. The fourth-order valence-corrected chi connectivity index (χ4v) is 1.60. The van der Waals surface area contributed by atoms with Crippen LogP contribution in [-0.4, -0.2) is 17.3 Å². The van der Waals surface area contributed by atoms with Crippen molar-refractivity contribution in [2.45, 2.75) is 45.3 Å². The summed E-state index contributed by atoms with van der Waals surface area (Å²) in [4.78, 5) is 0. The minimum atomic E-state index is -0.458. The molecule has 90 valence electrons. The van der Waals surface area contributed by atoms with E-state index >= 15 is 0 Å². The third kappa shape index (κ3) is 3.81. The Kier molecular flexibility index (Phi) is 5.26. The largest absolute Gasteiger partial charge is 0.488 e. The molecular weight excluding hydrogens is 207 g/mol. The van der Waals surface area contributed by atoms with Gasteiger partial charge in [0, 0.05) is 0 Å². The highest BCUT2D eigenvalue weighted by Gasteiger charge is 2.18. The Balaban J connectivity index is 2.59. The lowest BCUT2D eigenvalue weighted by Gasteiger charge is -2.22. The first-order valence-electron chi connectivity index (χ1n) is 5.77. The lowest BCUT2D eigenvalue weighted by atomic mass is 10.1. The molecule has 0 aliphatic carbocycles. The molecule has 0 amide bonds. The number of hydrogen-bond acceptors (Lipinski definition) is 2. The van der Waals surface area contributed by atoms with Crippen molar-refractivity contribution >= 4 is 0 Å². The molecule has 0 fully saturated rings. The molecule has 0 saturated heterocycles. The van der Waals surface area contributed by atoms with Crippen LogP contribution in [-0.2, 0) is 0 Å². The van der Waals surface area contributed by atoms with Gasteiger partial charge >= 0.3 is 0 Å². The van der Waals surface area contributed by atoms with Crippen molar-refractivity contribution in [3.05, 3.63) is 30.1 Å². The minimum absolute atomic E-state index is 0.217. The monoisotopic (exact) mass is 226 g/mol. The lowest BCUT2D eigenvalue weighted by Crippen LogP contribution is -2.30. The Morgan fingerprint density at radius 1 is 1.25 bits per heavy atom. The molecule has 0 spiro atoms. The summed E-state index contributed by atoms with van der Waals surface area (Å²) in [5, 5.41) is 9.83. The van der Waals surface area contributed by atoms with Gasteiger partial charge in [-0.25, -0.2) is 4.39 Å². The Hall–Kier alpha value is -1.09. The maximum Gasteiger partial charge on any atom is 0.124 e. The average Bonchev–Trinajstić information content (AvgIpc) is 2.28. The molecule has 0 aliphatic rings. The maximum absolute atomic E-state index is 12.7. The van der Waals surface area contributed by atoms with Crippen molar-refractivity contribution in [2.24, 2.45) is 0 Å². The first kappa shape index (κ1) is 13.0. The van der Waals surface area contributed by atoms with Crippen LogP contribution in [0.3, 0.4) is 0 Å². The number of rotatable bonds is 6. The normalized spacial score (nSPS) is 14.5. The van der Waals surface area contributed by atoms with Gasteiger partial charge in [-0.1, -0.05) is 20.3 Å². The van der Waals surface area contributed by atoms with Gasteiger partial charge in [-0.15, -0.1) is 0 Å². The predicted octanol–water partition coefficient (Wildman–Crippen LogP) is 3.14. The zero-order chi connectivity index (χ0) is 12.0. The van der Waals surface area contributed by atoms with Crippen LogP contribution in [0.5, 0.6) is 5.75 Å². The van der Waals surface area contributed by atoms with Gasteiger partial charge in [0.25, 0.3) is 0 Å². The van der Waals surface area contributed by atoms with Crippen molar-refractivity contribution in [3.63, 3.8) is 0 Å². The molecule has 0 heterocycles. The highest BCUT2D eigenvalue weighted by molar-refractivity contribution is 5.22. The van der Waals surface area contributed by atoms with E-state index in [2.05, 4.69) is 0 Å². The summed E-state index contributed by atoms with van der Waals surface area (Å²) in [6.45, 7) is 3.99. The van der Waals surface area contributed by atoms with Crippen LogP contribution < -0.4 is 4.74 Å². The average molecular weight is 226 g/mol. The van der Waals surface area contributed by atoms with E-state index in [1.54, 1.807) is 12.1 Å². The first-order chi connectivity index (χ1) is 7.67. The molecule has 1 aromatic rings. The second-order valence-corrected chi connectivity index (χ2v) is 3.87. The highest BCUT2D eigenvalue weighted by Crippen LogP contribution is 2.17. The van der Waals surface area contributed by atoms with Crippen LogP contribution in [0, 0.1) is 5.82 Å². The summed E-state index contributed by atoms with van der Waals surface area (Å²) >= 11 is 0. The van der Waals surface area contributed by atoms with Crippen LogP contribution in [0.15, 0.2) is 24.3 Å². The van der Waals surface area contributed by atoms with E-state index in [0.29, 0.717) is 5.75 Å². The molecule has 0 radical (unpaired) electrons. The third-order valence-corrected chi connectivity index (χ3v) is 2.52. The fourth-order valence-electron chi connectivity index (χ4n) is 1.60. The van der Waals surface area contributed by atoms with Crippen molar-refractivity contribution < 1.29 is 14.2 Å². The van der Waals surface area contributed by atoms with Gasteiger partial charge in [0.05, 0.1) is 6.10 Å².